The summed E-state index contributed by atoms with van der Waals surface area (Å²) in [6.07, 6.45) is 10.8. The van der Waals surface area contributed by atoms with Crippen molar-refractivity contribution in [2.24, 2.45) is 0 Å². The minimum Gasteiger partial charge on any atom is -0.383 e. The van der Waals surface area contributed by atoms with E-state index in [-0.39, 0.29) is 0 Å². The monoisotopic (exact) mass is 289 g/mol. The van der Waals surface area contributed by atoms with Crippen molar-refractivity contribution in [1.82, 2.24) is 4.90 Å². The minimum atomic E-state index is 0.686. The molecule has 0 saturated carbocycles. The third-order valence-electron chi connectivity index (χ3n) is 3.90. The molecule has 1 unspecified atom stereocenters. The van der Waals surface area contributed by atoms with Crippen LogP contribution in [0.4, 0.5) is 0 Å². The Kier molecular flexibility index (Phi) is 14.9. The van der Waals surface area contributed by atoms with Gasteiger partial charge >= 0.3 is 0 Å². The molecule has 3 heteroatoms. The first-order valence-corrected chi connectivity index (χ1v) is 8.73. The molecule has 0 aliphatic carbocycles. The van der Waals surface area contributed by atoms with Crippen molar-refractivity contribution in [2.75, 3.05) is 32.6 Å². The van der Waals surface area contributed by atoms with E-state index in [0.717, 1.165) is 18.9 Å². The fourth-order valence-electron chi connectivity index (χ4n) is 2.33. The highest BCUT2D eigenvalue weighted by Crippen LogP contribution is 2.10. The predicted molar refractivity (Wildman–Crippen MR) is 89.4 cm³/mol. The molecule has 0 aliphatic heterocycles. The topological polar surface area (TPSA) is 12.5 Å². The maximum absolute atomic E-state index is 5.20. The van der Waals surface area contributed by atoms with Gasteiger partial charge in [0.1, 0.15) is 0 Å². The normalized spacial score (nSPS) is 13.1. The summed E-state index contributed by atoms with van der Waals surface area (Å²) in [4.78, 5) is 2.57. The second-order valence-electron chi connectivity index (χ2n) is 5.48. The number of unbranched alkanes of at least 4 members (excludes halogenated alkanes) is 6. The molecule has 0 bridgehead atoms. The van der Waals surface area contributed by atoms with Gasteiger partial charge in [0.2, 0.25) is 0 Å². The Morgan fingerprint density at radius 2 is 1.53 bits per heavy atom. The number of hydrogen-bond donors (Lipinski definition) is 1. The van der Waals surface area contributed by atoms with Gasteiger partial charge in [-0.3, -0.25) is 4.90 Å². The van der Waals surface area contributed by atoms with Gasteiger partial charge in [-0.2, -0.15) is 12.6 Å². The van der Waals surface area contributed by atoms with E-state index in [9.17, 15) is 0 Å². The molecule has 0 spiro atoms. The Morgan fingerprint density at radius 3 is 2.05 bits per heavy atom. The second kappa shape index (κ2) is 14.7. The first kappa shape index (κ1) is 19.3. The van der Waals surface area contributed by atoms with Crippen molar-refractivity contribution in [3.63, 3.8) is 0 Å². The zero-order chi connectivity index (χ0) is 14.3. The van der Waals surface area contributed by atoms with Crippen molar-refractivity contribution in [1.29, 1.82) is 0 Å². The van der Waals surface area contributed by atoms with Crippen molar-refractivity contribution >= 4 is 12.6 Å². The van der Waals surface area contributed by atoms with E-state index < -0.39 is 0 Å². The summed E-state index contributed by atoms with van der Waals surface area (Å²) < 4.78 is 5.20. The lowest BCUT2D eigenvalue weighted by Gasteiger charge is -2.28. The number of ether oxygens (including phenoxy) is 1. The zero-order valence-corrected chi connectivity index (χ0v) is 14.3. The Labute approximate surface area is 126 Å². The van der Waals surface area contributed by atoms with Gasteiger partial charge in [-0.25, -0.2) is 0 Å². The third kappa shape index (κ3) is 11.8. The van der Waals surface area contributed by atoms with Crippen LogP contribution in [0.15, 0.2) is 0 Å². The van der Waals surface area contributed by atoms with Crippen molar-refractivity contribution < 1.29 is 4.74 Å². The Morgan fingerprint density at radius 1 is 0.947 bits per heavy atom. The molecule has 0 fully saturated rings. The quantitative estimate of drug-likeness (QED) is 0.376. The van der Waals surface area contributed by atoms with E-state index in [1.807, 2.05) is 0 Å². The van der Waals surface area contributed by atoms with Crippen LogP contribution in [0.3, 0.4) is 0 Å². The van der Waals surface area contributed by atoms with Crippen LogP contribution in [0.2, 0.25) is 0 Å². The van der Waals surface area contributed by atoms with Gasteiger partial charge in [0.05, 0.1) is 6.61 Å². The number of rotatable bonds is 14. The van der Waals surface area contributed by atoms with Crippen molar-refractivity contribution in [2.45, 2.75) is 71.3 Å². The molecular formula is C16H35NOS. The van der Waals surface area contributed by atoms with E-state index in [4.69, 9.17) is 4.74 Å². The number of thiol groups is 1. The van der Waals surface area contributed by atoms with Gasteiger partial charge in [-0.1, -0.05) is 39.0 Å². The highest BCUT2D eigenvalue weighted by molar-refractivity contribution is 7.80. The predicted octanol–water partition coefficient (Wildman–Crippen LogP) is 4.39. The van der Waals surface area contributed by atoms with Gasteiger partial charge in [-0.05, 0) is 38.5 Å². The molecule has 0 aliphatic rings. The third-order valence-corrected chi connectivity index (χ3v) is 4.22. The molecule has 0 N–H and O–H groups in total. The van der Waals surface area contributed by atoms with Gasteiger partial charge < -0.3 is 4.74 Å². The smallest absolute Gasteiger partial charge is 0.0589 e. The first-order valence-electron chi connectivity index (χ1n) is 8.10. The molecule has 2 nitrogen and oxygen atoms in total. The Hall–Kier alpha value is 0.270. The Bertz CT molecular complexity index is 178. The van der Waals surface area contributed by atoms with Crippen molar-refractivity contribution in [3.05, 3.63) is 0 Å². The van der Waals surface area contributed by atoms with Crippen LogP contribution in [-0.4, -0.2) is 43.5 Å². The van der Waals surface area contributed by atoms with Crippen molar-refractivity contribution in [3.8, 4) is 0 Å². The van der Waals surface area contributed by atoms with Gasteiger partial charge in [0.25, 0.3) is 0 Å². The zero-order valence-electron chi connectivity index (χ0n) is 13.4. The average Bonchev–Trinajstić information content (AvgIpc) is 2.44. The largest absolute Gasteiger partial charge is 0.383 e. The van der Waals surface area contributed by atoms with Crippen LogP contribution in [0.1, 0.15) is 65.2 Å². The molecule has 0 amide bonds. The van der Waals surface area contributed by atoms with Gasteiger partial charge in [0, 0.05) is 19.7 Å². The summed E-state index contributed by atoms with van der Waals surface area (Å²) in [6.45, 7) is 7.76. The number of hydrogen-bond acceptors (Lipinski definition) is 3. The van der Waals surface area contributed by atoms with Crippen LogP contribution in [0.25, 0.3) is 0 Å². The molecule has 0 aromatic rings. The maximum Gasteiger partial charge on any atom is 0.0589 e. The molecule has 0 heterocycles. The molecule has 0 saturated heterocycles. The van der Waals surface area contributed by atoms with Gasteiger partial charge in [0.15, 0.2) is 0 Å². The number of nitrogens with zero attached hydrogens (tertiary/aromatic N) is 1. The lowest BCUT2D eigenvalue weighted by atomic mass is 10.1. The van der Waals surface area contributed by atoms with Gasteiger partial charge in [-0.15, -0.1) is 0 Å². The molecular weight excluding hydrogens is 254 g/mol. The molecule has 0 aromatic heterocycles. The van der Waals surface area contributed by atoms with Crippen LogP contribution in [0.5, 0.6) is 0 Å². The average molecular weight is 290 g/mol. The second-order valence-corrected chi connectivity index (χ2v) is 5.93. The lowest BCUT2D eigenvalue weighted by Crippen LogP contribution is -2.36. The highest BCUT2D eigenvalue weighted by Gasteiger charge is 2.10. The van der Waals surface area contributed by atoms with E-state index in [1.165, 1.54) is 57.9 Å². The molecule has 0 rings (SSSR count). The minimum absolute atomic E-state index is 0.686. The van der Waals surface area contributed by atoms with Crippen LogP contribution < -0.4 is 0 Å². The highest BCUT2D eigenvalue weighted by atomic mass is 32.1. The fraction of sp³-hybridized carbons (Fsp3) is 1.00. The van der Waals surface area contributed by atoms with Crippen LogP contribution >= 0.6 is 12.6 Å². The van der Waals surface area contributed by atoms with E-state index in [1.54, 1.807) is 7.11 Å². The summed E-state index contributed by atoms with van der Waals surface area (Å²) in [5, 5.41) is 0. The standard InChI is InChI=1S/C16H35NOS/c1-4-16(2)17(13-14-18-3)12-10-8-6-5-7-9-11-15-19/h16,19H,4-15H2,1-3H3. The van der Waals surface area contributed by atoms with Crippen LogP contribution in [0, 0.1) is 0 Å². The van der Waals surface area contributed by atoms with E-state index in [2.05, 4.69) is 31.4 Å². The summed E-state index contributed by atoms with van der Waals surface area (Å²) in [5.41, 5.74) is 0. The molecule has 0 aromatic carbocycles. The SMILES string of the molecule is CCC(C)N(CCCCCCCCCS)CCOC. The van der Waals surface area contributed by atoms with Crippen LogP contribution in [-0.2, 0) is 4.74 Å². The molecule has 1 atom stereocenters. The summed E-state index contributed by atoms with van der Waals surface area (Å²) in [5.74, 6) is 1.05. The Balaban J connectivity index is 3.52. The van der Waals surface area contributed by atoms with E-state index in [0.29, 0.717) is 6.04 Å². The maximum atomic E-state index is 5.20. The summed E-state index contributed by atoms with van der Waals surface area (Å²) in [6, 6.07) is 0.686. The molecule has 19 heavy (non-hydrogen) atoms. The van der Waals surface area contributed by atoms with E-state index >= 15 is 0 Å². The molecule has 0 radical (unpaired) electrons. The fourth-order valence-corrected chi connectivity index (χ4v) is 2.55. The summed E-state index contributed by atoms with van der Waals surface area (Å²) in [7, 11) is 1.79. The summed E-state index contributed by atoms with van der Waals surface area (Å²) >= 11 is 4.24. The molecule has 116 valence electrons. The number of methoxy groups -OCH3 is 1. The first-order chi connectivity index (χ1) is 9.26. The lowest BCUT2D eigenvalue weighted by molar-refractivity contribution is 0.121.